The summed E-state index contributed by atoms with van der Waals surface area (Å²) in [5, 5.41) is 0. The third kappa shape index (κ3) is 4.39. The van der Waals surface area contributed by atoms with Crippen LogP contribution in [0.1, 0.15) is 33.1 Å². The summed E-state index contributed by atoms with van der Waals surface area (Å²) in [7, 11) is 0. The Kier molecular flexibility index (Phi) is 5.41. The quantitative estimate of drug-likeness (QED) is 0.600. The van der Waals surface area contributed by atoms with Gasteiger partial charge in [-0.3, -0.25) is 4.99 Å². The average molecular weight is 227 g/mol. The van der Waals surface area contributed by atoms with E-state index in [4.69, 9.17) is 0 Å². The standard InChI is InChI=1S/C16H21N/c1-5-7-14(8-6-2)11-16-10-9-15(12-17-16)13(3)4/h5,7,9,11-12H,1,3,6,8,10H2,2,4H3/b14-7-,16-11+. The van der Waals surface area contributed by atoms with Gasteiger partial charge in [0.25, 0.3) is 0 Å². The average Bonchev–Trinajstić information content (AvgIpc) is 2.30. The van der Waals surface area contributed by atoms with E-state index in [9.17, 15) is 0 Å². The molecule has 0 unspecified atom stereocenters. The maximum absolute atomic E-state index is 4.47. The molecule has 0 saturated heterocycles. The van der Waals surface area contributed by atoms with Crippen LogP contribution in [0.3, 0.4) is 0 Å². The topological polar surface area (TPSA) is 12.4 Å². The number of allylic oxidation sites excluding steroid dienone is 7. The van der Waals surface area contributed by atoms with Gasteiger partial charge in [0.2, 0.25) is 0 Å². The Hall–Kier alpha value is -1.63. The zero-order chi connectivity index (χ0) is 12.7. The molecule has 1 nitrogen and oxygen atoms in total. The second-order valence-electron chi connectivity index (χ2n) is 4.27. The smallest absolute Gasteiger partial charge is 0.0444 e. The summed E-state index contributed by atoms with van der Waals surface area (Å²) < 4.78 is 0. The largest absolute Gasteiger partial charge is 0.260 e. The Labute approximate surface area is 105 Å². The molecule has 0 fully saturated rings. The van der Waals surface area contributed by atoms with Crippen molar-refractivity contribution in [3.63, 3.8) is 0 Å². The van der Waals surface area contributed by atoms with Gasteiger partial charge in [0.15, 0.2) is 0 Å². The lowest BCUT2D eigenvalue weighted by molar-refractivity contribution is 0.921. The predicted molar refractivity (Wildman–Crippen MR) is 77.3 cm³/mol. The number of aliphatic imine (C=N–C) groups is 1. The first-order valence-corrected chi connectivity index (χ1v) is 6.09. The van der Waals surface area contributed by atoms with Gasteiger partial charge in [-0.1, -0.05) is 44.7 Å². The molecule has 0 radical (unpaired) electrons. The van der Waals surface area contributed by atoms with Gasteiger partial charge in [-0.25, -0.2) is 0 Å². The van der Waals surface area contributed by atoms with Gasteiger partial charge in [-0.15, -0.1) is 0 Å². The molecule has 1 heteroatoms. The van der Waals surface area contributed by atoms with Gasteiger partial charge >= 0.3 is 0 Å². The minimum atomic E-state index is 0.886. The third-order valence-electron chi connectivity index (χ3n) is 2.62. The van der Waals surface area contributed by atoms with Crippen LogP contribution in [0.5, 0.6) is 0 Å². The van der Waals surface area contributed by atoms with Crippen molar-refractivity contribution in [2.45, 2.75) is 33.1 Å². The highest BCUT2D eigenvalue weighted by atomic mass is 14.7. The van der Waals surface area contributed by atoms with Gasteiger partial charge < -0.3 is 0 Å². The van der Waals surface area contributed by atoms with Crippen molar-refractivity contribution in [1.29, 1.82) is 0 Å². The fraction of sp³-hybridized carbons (Fsp3) is 0.312. The van der Waals surface area contributed by atoms with Crippen LogP contribution in [0.25, 0.3) is 0 Å². The lowest BCUT2D eigenvalue weighted by Gasteiger charge is -2.09. The molecule has 17 heavy (non-hydrogen) atoms. The SMILES string of the molecule is C=C/C=C(\C=C1/CC=C(C(=C)C)C=N1)CCC. The molecule has 1 rings (SSSR count). The summed E-state index contributed by atoms with van der Waals surface area (Å²) in [6.45, 7) is 11.8. The lowest BCUT2D eigenvalue weighted by atomic mass is 10.0. The summed E-state index contributed by atoms with van der Waals surface area (Å²) in [5.41, 5.74) is 4.62. The van der Waals surface area contributed by atoms with Gasteiger partial charge in [0.05, 0.1) is 0 Å². The third-order valence-corrected chi connectivity index (χ3v) is 2.62. The van der Waals surface area contributed by atoms with Crippen LogP contribution in [-0.2, 0) is 0 Å². The lowest BCUT2D eigenvalue weighted by Crippen LogP contribution is -1.95. The van der Waals surface area contributed by atoms with E-state index in [1.165, 1.54) is 5.57 Å². The Morgan fingerprint density at radius 1 is 1.53 bits per heavy atom. The van der Waals surface area contributed by atoms with Crippen LogP contribution < -0.4 is 0 Å². The van der Waals surface area contributed by atoms with E-state index >= 15 is 0 Å². The molecule has 0 aliphatic carbocycles. The number of dihydropyridines is 1. The molecule has 0 N–H and O–H groups in total. The van der Waals surface area contributed by atoms with Crippen LogP contribution in [0.2, 0.25) is 0 Å². The van der Waals surface area contributed by atoms with E-state index in [2.05, 4.69) is 43.3 Å². The number of hydrogen-bond donors (Lipinski definition) is 0. The fourth-order valence-electron chi connectivity index (χ4n) is 1.71. The van der Waals surface area contributed by atoms with Gasteiger partial charge in [-0.05, 0) is 36.1 Å². The first-order chi connectivity index (χ1) is 8.17. The molecule has 90 valence electrons. The maximum atomic E-state index is 4.47. The predicted octanol–water partition coefficient (Wildman–Crippen LogP) is 4.76. The van der Waals surface area contributed by atoms with Crippen LogP contribution in [0, 0.1) is 0 Å². The molecule has 1 aliphatic heterocycles. The first kappa shape index (κ1) is 13.4. The normalized spacial score (nSPS) is 18.1. The Morgan fingerprint density at radius 2 is 2.29 bits per heavy atom. The minimum absolute atomic E-state index is 0.886. The van der Waals surface area contributed by atoms with Crippen LogP contribution in [0.4, 0.5) is 0 Å². The van der Waals surface area contributed by atoms with Gasteiger partial charge in [-0.2, -0.15) is 0 Å². The number of nitrogens with zero attached hydrogens (tertiary/aromatic N) is 1. The monoisotopic (exact) mass is 227 g/mol. The van der Waals surface area contributed by atoms with E-state index in [1.807, 2.05) is 19.2 Å². The molecule has 0 saturated carbocycles. The number of hydrogen-bond acceptors (Lipinski definition) is 1. The summed E-state index contributed by atoms with van der Waals surface area (Å²) in [4.78, 5) is 4.47. The zero-order valence-corrected chi connectivity index (χ0v) is 10.9. The van der Waals surface area contributed by atoms with Crippen molar-refractivity contribution in [2.75, 3.05) is 0 Å². The van der Waals surface area contributed by atoms with Crippen molar-refractivity contribution < 1.29 is 0 Å². The summed E-state index contributed by atoms with van der Waals surface area (Å²) in [6, 6.07) is 0. The minimum Gasteiger partial charge on any atom is -0.260 e. The van der Waals surface area contributed by atoms with Crippen molar-refractivity contribution in [1.82, 2.24) is 0 Å². The molecule has 0 bridgehead atoms. The molecule has 0 spiro atoms. The zero-order valence-electron chi connectivity index (χ0n) is 10.9. The van der Waals surface area contributed by atoms with E-state index in [1.54, 1.807) is 0 Å². The second kappa shape index (κ2) is 6.85. The number of rotatable bonds is 5. The summed E-state index contributed by atoms with van der Waals surface area (Å²) >= 11 is 0. The van der Waals surface area contributed by atoms with Crippen LogP contribution >= 0.6 is 0 Å². The Balaban J connectivity index is 2.77. The summed E-state index contributed by atoms with van der Waals surface area (Å²) in [5.74, 6) is 0. The van der Waals surface area contributed by atoms with Crippen molar-refractivity contribution in [2.24, 2.45) is 4.99 Å². The molecule has 0 aromatic rings. The van der Waals surface area contributed by atoms with Gasteiger partial charge in [0.1, 0.15) is 0 Å². The molecule has 1 aliphatic rings. The Bertz CT molecular complexity index is 417. The first-order valence-electron chi connectivity index (χ1n) is 6.09. The fourth-order valence-corrected chi connectivity index (χ4v) is 1.71. The van der Waals surface area contributed by atoms with E-state index in [-0.39, 0.29) is 0 Å². The van der Waals surface area contributed by atoms with Crippen LogP contribution in [0.15, 0.2) is 64.9 Å². The summed E-state index contributed by atoms with van der Waals surface area (Å²) in [6.07, 6.45) is 13.2. The van der Waals surface area contributed by atoms with Crippen molar-refractivity contribution >= 4 is 6.21 Å². The second-order valence-corrected chi connectivity index (χ2v) is 4.27. The Morgan fingerprint density at radius 3 is 2.76 bits per heavy atom. The van der Waals surface area contributed by atoms with Crippen molar-refractivity contribution in [3.05, 3.63) is 59.9 Å². The van der Waals surface area contributed by atoms with Crippen LogP contribution in [-0.4, -0.2) is 6.21 Å². The highest BCUT2D eigenvalue weighted by molar-refractivity contribution is 5.86. The van der Waals surface area contributed by atoms with Crippen molar-refractivity contribution in [3.8, 4) is 0 Å². The molecule has 0 aromatic carbocycles. The van der Waals surface area contributed by atoms with Gasteiger partial charge in [0, 0.05) is 18.3 Å². The maximum Gasteiger partial charge on any atom is 0.0444 e. The molecule has 0 aromatic heterocycles. The molecule has 0 amide bonds. The highest BCUT2D eigenvalue weighted by Crippen LogP contribution is 2.19. The molecular weight excluding hydrogens is 206 g/mol. The molecule has 1 heterocycles. The highest BCUT2D eigenvalue weighted by Gasteiger charge is 2.03. The van der Waals surface area contributed by atoms with E-state index in [0.717, 1.165) is 36.1 Å². The molecular formula is C16H21N. The van der Waals surface area contributed by atoms with E-state index < -0.39 is 0 Å². The molecule has 0 atom stereocenters. The van der Waals surface area contributed by atoms with E-state index in [0.29, 0.717) is 0 Å².